The molecule has 0 fully saturated rings. The van der Waals surface area contributed by atoms with Crippen LogP contribution in [0.5, 0.6) is 0 Å². The quantitative estimate of drug-likeness (QED) is 0.772. The smallest absolute Gasteiger partial charge is 0.261 e. The molecule has 2 heterocycles. The molecule has 2 N–H and O–H groups in total. The first-order chi connectivity index (χ1) is 10.6. The summed E-state index contributed by atoms with van der Waals surface area (Å²) in [5.74, 6) is -0.536. The number of aromatic nitrogens is 1. The molecule has 0 saturated carbocycles. The second-order valence-corrected chi connectivity index (χ2v) is 6.68. The van der Waals surface area contributed by atoms with E-state index >= 15 is 0 Å². The van der Waals surface area contributed by atoms with Crippen LogP contribution in [0.1, 0.15) is 15.2 Å². The van der Waals surface area contributed by atoms with Gasteiger partial charge in [-0.1, -0.05) is 23.5 Å². The molecule has 5 nitrogen and oxygen atoms in total. The van der Waals surface area contributed by atoms with Gasteiger partial charge >= 0.3 is 0 Å². The van der Waals surface area contributed by atoms with Gasteiger partial charge in [0.2, 0.25) is 5.91 Å². The number of benzene rings is 1. The third kappa shape index (κ3) is 3.32. The van der Waals surface area contributed by atoms with Gasteiger partial charge in [0.1, 0.15) is 0 Å². The number of carbonyl (C=O) groups is 2. The summed E-state index contributed by atoms with van der Waals surface area (Å²) in [5, 5.41) is 7.65. The fourth-order valence-electron chi connectivity index (χ4n) is 1.90. The van der Waals surface area contributed by atoms with Crippen molar-refractivity contribution in [2.24, 2.45) is 0 Å². The summed E-state index contributed by atoms with van der Waals surface area (Å²) < 4.78 is 1.03. The Morgan fingerprint density at radius 1 is 1.27 bits per heavy atom. The Morgan fingerprint density at radius 3 is 2.91 bits per heavy atom. The zero-order valence-corrected chi connectivity index (χ0v) is 13.4. The van der Waals surface area contributed by atoms with Crippen molar-refractivity contribution < 1.29 is 9.59 Å². The van der Waals surface area contributed by atoms with E-state index in [1.54, 1.807) is 12.1 Å². The summed E-state index contributed by atoms with van der Waals surface area (Å²) in [4.78, 5) is 28.6. The molecule has 7 heteroatoms. The van der Waals surface area contributed by atoms with E-state index in [1.807, 2.05) is 30.5 Å². The van der Waals surface area contributed by atoms with E-state index in [9.17, 15) is 9.59 Å². The van der Waals surface area contributed by atoms with Crippen LogP contribution in [0.3, 0.4) is 0 Å². The third-order valence-electron chi connectivity index (χ3n) is 2.94. The summed E-state index contributed by atoms with van der Waals surface area (Å²) in [5.41, 5.74) is 2.01. The van der Waals surface area contributed by atoms with Crippen molar-refractivity contribution in [1.82, 2.24) is 10.3 Å². The standard InChI is InChI=1S/C15H13N3O2S2/c1-9-4-5-10-12(7-9)22-15(17-10)18-13(19)8-16-14(20)11-3-2-6-21-11/h2-7H,8H2,1H3,(H,16,20)(H,17,18,19). The molecule has 2 aromatic heterocycles. The van der Waals surface area contributed by atoms with E-state index in [0.29, 0.717) is 10.0 Å². The highest BCUT2D eigenvalue weighted by Gasteiger charge is 2.11. The fraction of sp³-hybridized carbons (Fsp3) is 0.133. The lowest BCUT2D eigenvalue weighted by molar-refractivity contribution is -0.115. The Bertz CT molecular complexity index is 825. The number of fused-ring (bicyclic) bond motifs is 1. The SMILES string of the molecule is Cc1ccc2nc(NC(=O)CNC(=O)c3cccs3)sc2c1. The molecule has 3 aromatic rings. The first-order valence-corrected chi connectivity index (χ1v) is 8.30. The van der Waals surface area contributed by atoms with Gasteiger partial charge in [-0.05, 0) is 36.1 Å². The first kappa shape index (κ1) is 14.7. The van der Waals surface area contributed by atoms with Crippen LogP contribution >= 0.6 is 22.7 Å². The molecule has 0 aliphatic carbocycles. The van der Waals surface area contributed by atoms with E-state index in [1.165, 1.54) is 22.7 Å². The Kier molecular flexibility index (Phi) is 4.17. The van der Waals surface area contributed by atoms with Crippen molar-refractivity contribution in [2.45, 2.75) is 6.92 Å². The molecule has 0 atom stereocenters. The molecule has 2 amide bonds. The predicted octanol–water partition coefficient (Wildman–Crippen LogP) is 3.03. The molecule has 3 rings (SSSR count). The molecule has 0 bridgehead atoms. The Labute approximate surface area is 135 Å². The van der Waals surface area contributed by atoms with Crippen molar-refractivity contribution in [3.05, 3.63) is 46.2 Å². The predicted molar refractivity (Wildman–Crippen MR) is 89.6 cm³/mol. The van der Waals surface area contributed by atoms with E-state index in [0.717, 1.165) is 15.8 Å². The highest BCUT2D eigenvalue weighted by molar-refractivity contribution is 7.22. The average Bonchev–Trinajstić information content (AvgIpc) is 3.13. The van der Waals surface area contributed by atoms with E-state index < -0.39 is 0 Å². The molecule has 112 valence electrons. The number of rotatable bonds is 4. The molecule has 0 spiro atoms. The molecular formula is C15H13N3O2S2. The van der Waals surface area contributed by atoms with Gasteiger partial charge in [0, 0.05) is 0 Å². The number of carbonyl (C=O) groups excluding carboxylic acids is 2. The number of hydrogen-bond acceptors (Lipinski definition) is 5. The van der Waals surface area contributed by atoms with Crippen molar-refractivity contribution in [3.63, 3.8) is 0 Å². The molecule has 0 radical (unpaired) electrons. The van der Waals surface area contributed by atoms with Crippen LogP contribution in [0.2, 0.25) is 0 Å². The number of thiophene rings is 1. The summed E-state index contributed by atoms with van der Waals surface area (Å²) in [6.45, 7) is 1.93. The minimum Gasteiger partial charge on any atom is -0.342 e. The van der Waals surface area contributed by atoms with E-state index in [4.69, 9.17) is 0 Å². The number of aryl methyl sites for hydroxylation is 1. The van der Waals surface area contributed by atoms with Crippen molar-refractivity contribution in [3.8, 4) is 0 Å². The number of amides is 2. The summed E-state index contributed by atoms with van der Waals surface area (Å²) >= 11 is 2.76. The highest BCUT2D eigenvalue weighted by atomic mass is 32.1. The van der Waals surface area contributed by atoms with Crippen LogP contribution in [0.25, 0.3) is 10.2 Å². The summed E-state index contributed by atoms with van der Waals surface area (Å²) in [6, 6.07) is 9.45. The summed E-state index contributed by atoms with van der Waals surface area (Å²) in [7, 11) is 0. The molecule has 22 heavy (non-hydrogen) atoms. The lowest BCUT2D eigenvalue weighted by Gasteiger charge is -2.03. The fourth-order valence-corrected chi connectivity index (χ4v) is 3.52. The minimum absolute atomic E-state index is 0.0777. The van der Waals surface area contributed by atoms with E-state index in [-0.39, 0.29) is 18.4 Å². The highest BCUT2D eigenvalue weighted by Crippen LogP contribution is 2.26. The number of anilines is 1. The maximum atomic E-state index is 11.9. The van der Waals surface area contributed by atoms with Crippen molar-refractivity contribution >= 4 is 49.8 Å². The van der Waals surface area contributed by atoms with E-state index in [2.05, 4.69) is 15.6 Å². The topological polar surface area (TPSA) is 71.1 Å². The average molecular weight is 331 g/mol. The molecule has 0 aliphatic rings. The lowest BCUT2D eigenvalue weighted by atomic mass is 10.2. The zero-order valence-electron chi connectivity index (χ0n) is 11.8. The number of nitrogens with one attached hydrogen (secondary N) is 2. The Morgan fingerprint density at radius 2 is 2.14 bits per heavy atom. The van der Waals surface area contributed by atoms with Crippen LogP contribution in [0.15, 0.2) is 35.7 Å². The second-order valence-electron chi connectivity index (χ2n) is 4.70. The van der Waals surface area contributed by atoms with Crippen LogP contribution in [0, 0.1) is 6.92 Å². The van der Waals surface area contributed by atoms with Gasteiger partial charge in [-0.25, -0.2) is 4.98 Å². The van der Waals surface area contributed by atoms with Crippen molar-refractivity contribution in [1.29, 1.82) is 0 Å². The maximum absolute atomic E-state index is 11.9. The van der Waals surface area contributed by atoms with Crippen LogP contribution < -0.4 is 10.6 Å². The van der Waals surface area contributed by atoms with Gasteiger partial charge in [-0.15, -0.1) is 11.3 Å². The van der Waals surface area contributed by atoms with Gasteiger partial charge < -0.3 is 10.6 Å². The van der Waals surface area contributed by atoms with Crippen molar-refractivity contribution in [2.75, 3.05) is 11.9 Å². The van der Waals surface area contributed by atoms with Gasteiger partial charge in [0.05, 0.1) is 21.6 Å². The number of nitrogens with zero attached hydrogens (tertiary/aromatic N) is 1. The molecular weight excluding hydrogens is 318 g/mol. The zero-order chi connectivity index (χ0) is 15.5. The second kappa shape index (κ2) is 6.25. The largest absolute Gasteiger partial charge is 0.342 e. The van der Waals surface area contributed by atoms with Crippen LogP contribution in [-0.4, -0.2) is 23.3 Å². The van der Waals surface area contributed by atoms with Crippen LogP contribution in [0.4, 0.5) is 5.13 Å². The normalized spacial score (nSPS) is 10.6. The Hall–Kier alpha value is -2.25. The summed E-state index contributed by atoms with van der Waals surface area (Å²) in [6.07, 6.45) is 0. The monoisotopic (exact) mass is 331 g/mol. The van der Waals surface area contributed by atoms with Gasteiger partial charge in [0.15, 0.2) is 5.13 Å². The lowest BCUT2D eigenvalue weighted by Crippen LogP contribution is -2.32. The minimum atomic E-state index is -0.291. The number of hydrogen-bond donors (Lipinski definition) is 2. The molecule has 0 saturated heterocycles. The molecule has 0 aliphatic heterocycles. The van der Waals surface area contributed by atoms with Gasteiger partial charge in [-0.3, -0.25) is 9.59 Å². The molecule has 0 unspecified atom stereocenters. The third-order valence-corrected chi connectivity index (χ3v) is 4.75. The first-order valence-electron chi connectivity index (χ1n) is 6.60. The maximum Gasteiger partial charge on any atom is 0.261 e. The van der Waals surface area contributed by atoms with Gasteiger partial charge in [-0.2, -0.15) is 0 Å². The Balaban J connectivity index is 1.59. The molecule has 1 aromatic carbocycles. The van der Waals surface area contributed by atoms with Crippen LogP contribution in [-0.2, 0) is 4.79 Å². The van der Waals surface area contributed by atoms with Gasteiger partial charge in [0.25, 0.3) is 5.91 Å². The number of thiazole rings is 1.